The van der Waals surface area contributed by atoms with Gasteiger partial charge in [0.2, 0.25) is 17.6 Å². The van der Waals surface area contributed by atoms with Crippen LogP contribution in [0.5, 0.6) is 0 Å². The van der Waals surface area contributed by atoms with Gasteiger partial charge in [-0.3, -0.25) is 14.8 Å². The first-order valence-electron chi connectivity index (χ1n) is 9.55. The highest BCUT2D eigenvalue weighted by Crippen LogP contribution is 2.23. The van der Waals surface area contributed by atoms with Crippen LogP contribution in [0, 0.1) is 11.8 Å². The van der Waals surface area contributed by atoms with Gasteiger partial charge >= 0.3 is 0 Å². The standard InChI is InChI=1S/C20H28N4O5/c1-12(2)11-24(28)20(27)15(25)10-16(26)21-17(13(3)4)19-22-18(23-29-19)14-8-6-5-7-9-14/h5-9,12-13,15,17,25,28H,10-11H2,1-4H3,(H,21,26)/t15-,17?/m0/s1. The topological polar surface area (TPSA) is 129 Å². The van der Waals surface area contributed by atoms with Gasteiger partial charge in [-0.2, -0.15) is 4.98 Å². The Bertz CT molecular complexity index is 806. The molecule has 1 heterocycles. The number of carbonyl (C=O) groups is 2. The van der Waals surface area contributed by atoms with E-state index in [4.69, 9.17) is 4.52 Å². The third-order valence-electron chi connectivity index (χ3n) is 4.18. The smallest absolute Gasteiger partial charge is 0.275 e. The van der Waals surface area contributed by atoms with Crippen molar-refractivity contribution in [3.63, 3.8) is 0 Å². The Hall–Kier alpha value is -2.78. The molecule has 2 amide bonds. The predicted octanol–water partition coefficient (Wildman–Crippen LogP) is 2.17. The van der Waals surface area contributed by atoms with Crippen LogP contribution in [0.4, 0.5) is 0 Å². The molecule has 1 unspecified atom stereocenters. The molecule has 0 aliphatic heterocycles. The molecule has 0 spiro atoms. The summed E-state index contributed by atoms with van der Waals surface area (Å²) < 4.78 is 5.32. The van der Waals surface area contributed by atoms with E-state index < -0.39 is 30.4 Å². The van der Waals surface area contributed by atoms with Crippen LogP contribution >= 0.6 is 0 Å². The third-order valence-corrected chi connectivity index (χ3v) is 4.18. The molecule has 3 N–H and O–H groups in total. The Labute approximate surface area is 169 Å². The molecule has 0 fully saturated rings. The van der Waals surface area contributed by atoms with Gasteiger partial charge < -0.3 is 14.9 Å². The molecule has 0 saturated heterocycles. The van der Waals surface area contributed by atoms with Crippen LogP contribution in [-0.4, -0.2) is 50.0 Å². The fourth-order valence-electron chi connectivity index (χ4n) is 2.68. The lowest BCUT2D eigenvalue weighted by atomic mass is 10.0. The molecule has 2 aromatic rings. The van der Waals surface area contributed by atoms with E-state index in [-0.39, 0.29) is 24.3 Å². The Kier molecular flexibility index (Phi) is 7.86. The second-order valence-electron chi connectivity index (χ2n) is 7.65. The molecular formula is C20H28N4O5. The Balaban J connectivity index is 2.02. The summed E-state index contributed by atoms with van der Waals surface area (Å²) in [5, 5.41) is 26.8. The van der Waals surface area contributed by atoms with E-state index in [2.05, 4.69) is 15.5 Å². The Morgan fingerprint density at radius 2 is 1.83 bits per heavy atom. The van der Waals surface area contributed by atoms with E-state index in [0.29, 0.717) is 10.9 Å². The maximum Gasteiger partial charge on any atom is 0.275 e. The van der Waals surface area contributed by atoms with Gasteiger partial charge in [0.05, 0.1) is 13.0 Å². The summed E-state index contributed by atoms with van der Waals surface area (Å²) in [6, 6.07) is 8.69. The molecule has 0 bridgehead atoms. The van der Waals surface area contributed by atoms with E-state index in [1.165, 1.54) is 0 Å². The second-order valence-corrected chi connectivity index (χ2v) is 7.65. The first kappa shape index (κ1) is 22.5. The minimum atomic E-state index is -1.64. The van der Waals surface area contributed by atoms with Crippen LogP contribution in [0.25, 0.3) is 11.4 Å². The van der Waals surface area contributed by atoms with Crippen molar-refractivity contribution in [3.05, 3.63) is 36.2 Å². The van der Waals surface area contributed by atoms with Gasteiger partial charge in [0.25, 0.3) is 5.91 Å². The summed E-state index contributed by atoms with van der Waals surface area (Å²) >= 11 is 0. The average Bonchev–Trinajstić information content (AvgIpc) is 3.15. The molecule has 1 aromatic heterocycles. The first-order chi connectivity index (χ1) is 13.7. The van der Waals surface area contributed by atoms with Crippen molar-refractivity contribution in [1.82, 2.24) is 20.5 Å². The third kappa shape index (κ3) is 6.37. The summed E-state index contributed by atoms with van der Waals surface area (Å²) in [4.78, 5) is 28.7. The number of hydroxylamine groups is 2. The van der Waals surface area contributed by atoms with Crippen molar-refractivity contribution >= 4 is 11.8 Å². The van der Waals surface area contributed by atoms with Gasteiger partial charge in [0.15, 0.2) is 0 Å². The van der Waals surface area contributed by atoms with Gasteiger partial charge in [-0.1, -0.05) is 63.2 Å². The normalized spacial score (nSPS) is 13.4. The first-order valence-corrected chi connectivity index (χ1v) is 9.55. The summed E-state index contributed by atoms with van der Waals surface area (Å²) in [6.45, 7) is 7.44. The zero-order valence-corrected chi connectivity index (χ0v) is 17.1. The largest absolute Gasteiger partial charge is 0.383 e. The second kappa shape index (κ2) is 10.1. The van der Waals surface area contributed by atoms with Crippen molar-refractivity contribution in [1.29, 1.82) is 0 Å². The molecule has 158 valence electrons. The number of aliphatic hydroxyl groups is 1. The van der Waals surface area contributed by atoms with Crippen molar-refractivity contribution in [2.45, 2.75) is 46.3 Å². The van der Waals surface area contributed by atoms with Gasteiger partial charge in [-0.05, 0) is 11.8 Å². The lowest BCUT2D eigenvalue weighted by Gasteiger charge is -2.22. The summed E-state index contributed by atoms with van der Waals surface area (Å²) in [5.41, 5.74) is 0.783. The van der Waals surface area contributed by atoms with Crippen LogP contribution < -0.4 is 5.32 Å². The molecular weight excluding hydrogens is 376 g/mol. The highest BCUT2D eigenvalue weighted by Gasteiger charge is 2.28. The highest BCUT2D eigenvalue weighted by atomic mass is 16.5. The van der Waals surface area contributed by atoms with Gasteiger partial charge in [-0.15, -0.1) is 0 Å². The Morgan fingerprint density at radius 3 is 2.41 bits per heavy atom. The zero-order chi connectivity index (χ0) is 21.6. The van der Waals surface area contributed by atoms with Crippen molar-refractivity contribution < 1.29 is 24.4 Å². The summed E-state index contributed by atoms with van der Waals surface area (Å²) in [7, 11) is 0. The number of amides is 2. The van der Waals surface area contributed by atoms with Gasteiger partial charge in [0.1, 0.15) is 12.1 Å². The van der Waals surface area contributed by atoms with E-state index in [9.17, 15) is 19.9 Å². The molecule has 1 aromatic carbocycles. The van der Waals surface area contributed by atoms with Gasteiger partial charge in [-0.25, -0.2) is 5.06 Å². The average molecular weight is 404 g/mol. The highest BCUT2D eigenvalue weighted by molar-refractivity contribution is 5.86. The molecule has 0 aliphatic carbocycles. The molecule has 0 radical (unpaired) electrons. The van der Waals surface area contributed by atoms with E-state index >= 15 is 0 Å². The number of hydrogen-bond donors (Lipinski definition) is 3. The lowest BCUT2D eigenvalue weighted by Crippen LogP contribution is -2.42. The fourth-order valence-corrected chi connectivity index (χ4v) is 2.68. The molecule has 9 heteroatoms. The minimum absolute atomic E-state index is 0.0200. The summed E-state index contributed by atoms with van der Waals surface area (Å²) in [6.07, 6.45) is -2.13. The van der Waals surface area contributed by atoms with Crippen LogP contribution in [0.15, 0.2) is 34.9 Å². The number of aliphatic hydroxyl groups excluding tert-OH is 1. The number of carbonyl (C=O) groups excluding carboxylic acids is 2. The monoisotopic (exact) mass is 404 g/mol. The molecule has 29 heavy (non-hydrogen) atoms. The quantitative estimate of drug-likeness (QED) is 0.431. The number of rotatable bonds is 9. The molecule has 0 aliphatic rings. The maximum atomic E-state index is 12.4. The number of aromatic nitrogens is 2. The van der Waals surface area contributed by atoms with E-state index in [1.807, 2.05) is 58.0 Å². The van der Waals surface area contributed by atoms with Crippen LogP contribution in [0.1, 0.15) is 46.0 Å². The Morgan fingerprint density at radius 1 is 1.17 bits per heavy atom. The van der Waals surface area contributed by atoms with Crippen molar-refractivity contribution in [3.8, 4) is 11.4 Å². The molecule has 0 saturated carbocycles. The molecule has 2 atom stereocenters. The van der Waals surface area contributed by atoms with E-state index in [1.54, 1.807) is 0 Å². The summed E-state index contributed by atoms with van der Waals surface area (Å²) in [5.74, 6) is -0.907. The fraction of sp³-hybridized carbons (Fsp3) is 0.500. The number of benzene rings is 1. The van der Waals surface area contributed by atoms with E-state index in [0.717, 1.165) is 5.56 Å². The predicted molar refractivity (Wildman–Crippen MR) is 104 cm³/mol. The number of hydrogen-bond acceptors (Lipinski definition) is 7. The number of nitrogens with one attached hydrogen (secondary N) is 1. The lowest BCUT2D eigenvalue weighted by molar-refractivity contribution is -0.177. The molecule has 9 nitrogen and oxygen atoms in total. The number of nitrogens with zero attached hydrogens (tertiary/aromatic N) is 3. The minimum Gasteiger partial charge on any atom is -0.383 e. The maximum absolute atomic E-state index is 12.4. The zero-order valence-electron chi connectivity index (χ0n) is 17.1. The SMILES string of the molecule is CC(C)CN(O)C(=O)[C@@H](O)CC(=O)NC(c1nc(-c2ccccc2)no1)C(C)C. The van der Waals surface area contributed by atoms with Crippen molar-refractivity contribution in [2.24, 2.45) is 11.8 Å². The van der Waals surface area contributed by atoms with Crippen LogP contribution in [0.2, 0.25) is 0 Å². The van der Waals surface area contributed by atoms with Crippen molar-refractivity contribution in [2.75, 3.05) is 6.54 Å². The van der Waals surface area contributed by atoms with Crippen LogP contribution in [0.3, 0.4) is 0 Å². The molecule has 2 rings (SSSR count). The van der Waals surface area contributed by atoms with Crippen LogP contribution in [-0.2, 0) is 9.59 Å². The van der Waals surface area contributed by atoms with Gasteiger partial charge in [0, 0.05) is 5.56 Å².